The Kier molecular flexibility index (Phi) is 6.56. The first-order valence-corrected chi connectivity index (χ1v) is 9.03. The number of rotatable bonds is 5. The molecule has 1 aliphatic rings. The molecule has 0 bridgehead atoms. The van der Waals surface area contributed by atoms with E-state index in [2.05, 4.69) is 4.99 Å². The monoisotopic (exact) mass is 406 g/mol. The summed E-state index contributed by atoms with van der Waals surface area (Å²) in [6.07, 6.45) is -0.0540. The van der Waals surface area contributed by atoms with Gasteiger partial charge in [-0.25, -0.2) is 4.79 Å². The lowest BCUT2D eigenvalue weighted by molar-refractivity contribution is -0.118. The second-order valence-corrected chi connectivity index (χ2v) is 7.88. The van der Waals surface area contributed by atoms with Crippen molar-refractivity contribution in [3.63, 3.8) is 0 Å². The second kappa shape index (κ2) is 8.52. The van der Waals surface area contributed by atoms with E-state index >= 15 is 0 Å². The van der Waals surface area contributed by atoms with Gasteiger partial charge in [0.1, 0.15) is 23.8 Å². The molecule has 1 heterocycles. The van der Waals surface area contributed by atoms with Crippen LogP contribution in [-0.2, 0) is 14.3 Å². The van der Waals surface area contributed by atoms with Crippen LogP contribution in [0.2, 0.25) is 5.02 Å². The van der Waals surface area contributed by atoms with Crippen molar-refractivity contribution >= 4 is 41.3 Å². The van der Waals surface area contributed by atoms with Crippen molar-refractivity contribution in [3.8, 4) is 0 Å². The molecule has 0 aliphatic carbocycles. The number of hydrogen-bond acceptors (Lipinski definition) is 6. The van der Waals surface area contributed by atoms with Crippen LogP contribution < -0.4 is 5.73 Å². The second-order valence-electron chi connectivity index (χ2n) is 7.44. The molecule has 1 aliphatic heterocycles. The topological polar surface area (TPSA) is 126 Å². The number of aldehydes is 1. The van der Waals surface area contributed by atoms with Crippen LogP contribution in [0.1, 0.15) is 26.3 Å². The molecule has 2 rings (SSSR count). The molecule has 3 N–H and O–H groups in total. The van der Waals surface area contributed by atoms with Crippen molar-refractivity contribution in [2.75, 3.05) is 13.1 Å². The third-order valence-electron chi connectivity index (χ3n) is 3.94. The summed E-state index contributed by atoms with van der Waals surface area (Å²) in [5.74, 6) is -2.01. The number of primary amides is 1. The molecule has 1 aromatic carbocycles. The van der Waals surface area contributed by atoms with Crippen LogP contribution >= 0.6 is 11.6 Å². The fourth-order valence-corrected chi connectivity index (χ4v) is 2.97. The quantitative estimate of drug-likeness (QED) is 0.573. The van der Waals surface area contributed by atoms with Crippen LogP contribution in [0.4, 0.5) is 4.79 Å². The number of nitrogens with one attached hydrogen (secondary N) is 1. The van der Waals surface area contributed by atoms with Crippen molar-refractivity contribution in [3.05, 3.63) is 34.9 Å². The number of aliphatic imine (C=N–C) groups is 1. The Balaban J connectivity index is 2.35. The Morgan fingerprint density at radius 2 is 2.11 bits per heavy atom. The number of nitrogens with two attached hydrogens (primary N) is 1. The molecule has 150 valence electrons. The number of carbonyl (C=O) groups is 3. The lowest BCUT2D eigenvalue weighted by atomic mass is 9.90. The predicted octanol–water partition coefficient (Wildman–Crippen LogP) is 2.07. The van der Waals surface area contributed by atoms with Gasteiger partial charge in [-0.1, -0.05) is 23.7 Å². The zero-order valence-corrected chi connectivity index (χ0v) is 16.7. The zero-order valence-electron chi connectivity index (χ0n) is 15.9. The molecule has 2 atom stereocenters. The van der Waals surface area contributed by atoms with Crippen molar-refractivity contribution in [1.82, 2.24) is 4.90 Å². The molecule has 2 amide bonds. The van der Waals surface area contributed by atoms with E-state index < -0.39 is 29.6 Å². The van der Waals surface area contributed by atoms with E-state index in [9.17, 15) is 14.4 Å². The smallest absolute Gasteiger partial charge is 0.410 e. The Morgan fingerprint density at radius 3 is 2.64 bits per heavy atom. The highest BCUT2D eigenvalue weighted by Crippen LogP contribution is 2.20. The molecular formula is C19H23ClN4O4. The molecule has 0 aromatic heterocycles. The van der Waals surface area contributed by atoms with Gasteiger partial charge < -0.3 is 25.6 Å². The maximum Gasteiger partial charge on any atom is 0.410 e. The summed E-state index contributed by atoms with van der Waals surface area (Å²) in [6.45, 7) is 5.12. The minimum absolute atomic E-state index is 0.0257. The third kappa shape index (κ3) is 5.39. The van der Waals surface area contributed by atoms with Crippen molar-refractivity contribution in [2.24, 2.45) is 16.6 Å². The fourth-order valence-electron chi connectivity index (χ4n) is 2.78. The molecular weight excluding hydrogens is 384 g/mol. The van der Waals surface area contributed by atoms with Crippen LogP contribution in [0.5, 0.6) is 0 Å². The summed E-state index contributed by atoms with van der Waals surface area (Å²) in [7, 11) is 0. The normalized spacial score (nSPS) is 18.1. The number of amides is 2. The Bertz CT molecular complexity index is 831. The number of benzene rings is 1. The predicted molar refractivity (Wildman–Crippen MR) is 106 cm³/mol. The fraction of sp³-hybridized carbons (Fsp3) is 0.421. The molecule has 8 nitrogen and oxygen atoms in total. The van der Waals surface area contributed by atoms with Crippen molar-refractivity contribution in [2.45, 2.75) is 32.4 Å². The molecule has 9 heteroatoms. The molecule has 1 aromatic rings. The standard InChI is InChI=1S/C19H23ClN4O4/c1-19(2,3)28-18(27)24-8-13(10-25)23-14(9-24)15(17(22)26)16(21)11-5-4-6-12(20)7-11/h4-7,10,13,15,21H,8-9H2,1-3H3,(H2,22,26). The van der Waals surface area contributed by atoms with Gasteiger partial charge in [0.25, 0.3) is 0 Å². The van der Waals surface area contributed by atoms with E-state index in [1.165, 1.54) is 11.0 Å². The first kappa shape index (κ1) is 21.6. The number of nitrogens with zero attached hydrogens (tertiary/aromatic N) is 2. The summed E-state index contributed by atoms with van der Waals surface area (Å²) in [5, 5.41) is 8.83. The number of carbonyl (C=O) groups excluding carboxylic acids is 3. The van der Waals surface area contributed by atoms with E-state index in [0.29, 0.717) is 16.9 Å². The minimum Gasteiger partial charge on any atom is -0.444 e. The number of halogens is 1. The summed E-state index contributed by atoms with van der Waals surface area (Å²) >= 11 is 5.97. The first-order valence-electron chi connectivity index (χ1n) is 8.65. The van der Waals surface area contributed by atoms with Gasteiger partial charge in [-0.15, -0.1) is 0 Å². The molecule has 0 spiro atoms. The summed E-state index contributed by atoms with van der Waals surface area (Å²) < 4.78 is 5.35. The molecule has 0 radical (unpaired) electrons. The van der Waals surface area contributed by atoms with Gasteiger partial charge in [0.15, 0.2) is 0 Å². The van der Waals surface area contributed by atoms with Gasteiger partial charge in [0, 0.05) is 5.02 Å². The van der Waals surface area contributed by atoms with Crippen LogP contribution in [-0.4, -0.2) is 59.3 Å². The Morgan fingerprint density at radius 1 is 1.43 bits per heavy atom. The summed E-state index contributed by atoms with van der Waals surface area (Å²) in [4.78, 5) is 41.5. The maximum absolute atomic E-state index is 12.4. The number of ether oxygens (including phenoxy) is 1. The van der Waals surface area contributed by atoms with Gasteiger partial charge in [-0.3, -0.25) is 9.79 Å². The third-order valence-corrected chi connectivity index (χ3v) is 4.18. The Labute approximate surface area is 168 Å². The molecule has 0 saturated carbocycles. The summed E-state index contributed by atoms with van der Waals surface area (Å²) in [6, 6.07) is 5.57. The Hall–Kier alpha value is -2.74. The summed E-state index contributed by atoms with van der Waals surface area (Å²) in [5.41, 5.74) is 5.27. The van der Waals surface area contributed by atoms with Gasteiger partial charge in [-0.2, -0.15) is 0 Å². The van der Waals surface area contributed by atoms with E-state index in [1.54, 1.807) is 39.0 Å². The minimum atomic E-state index is -1.20. The average molecular weight is 407 g/mol. The van der Waals surface area contributed by atoms with Gasteiger partial charge in [0.05, 0.1) is 24.5 Å². The molecule has 0 fully saturated rings. The van der Waals surface area contributed by atoms with Crippen LogP contribution in [0.3, 0.4) is 0 Å². The molecule has 0 saturated heterocycles. The van der Waals surface area contributed by atoms with Crippen molar-refractivity contribution in [1.29, 1.82) is 5.41 Å². The van der Waals surface area contributed by atoms with Crippen molar-refractivity contribution < 1.29 is 19.1 Å². The average Bonchev–Trinajstić information content (AvgIpc) is 2.59. The van der Waals surface area contributed by atoms with E-state index in [1.807, 2.05) is 0 Å². The van der Waals surface area contributed by atoms with Crippen LogP contribution in [0, 0.1) is 11.3 Å². The highest BCUT2D eigenvalue weighted by atomic mass is 35.5. The maximum atomic E-state index is 12.4. The zero-order chi connectivity index (χ0) is 21.1. The first-order chi connectivity index (χ1) is 13.0. The van der Waals surface area contributed by atoms with Crippen LogP contribution in [0.25, 0.3) is 0 Å². The van der Waals surface area contributed by atoms with E-state index in [0.717, 1.165) is 0 Å². The lowest BCUT2D eigenvalue weighted by Gasteiger charge is -2.33. The number of hydrogen-bond donors (Lipinski definition) is 2. The largest absolute Gasteiger partial charge is 0.444 e. The molecule has 28 heavy (non-hydrogen) atoms. The van der Waals surface area contributed by atoms with E-state index in [-0.39, 0.29) is 24.5 Å². The van der Waals surface area contributed by atoms with Crippen LogP contribution in [0.15, 0.2) is 29.3 Å². The highest BCUT2D eigenvalue weighted by Gasteiger charge is 2.36. The van der Waals surface area contributed by atoms with Gasteiger partial charge in [0.2, 0.25) is 5.91 Å². The van der Waals surface area contributed by atoms with Gasteiger partial charge in [-0.05, 0) is 38.5 Å². The lowest BCUT2D eigenvalue weighted by Crippen LogP contribution is -2.51. The van der Waals surface area contributed by atoms with E-state index in [4.69, 9.17) is 27.5 Å². The van der Waals surface area contributed by atoms with Gasteiger partial charge >= 0.3 is 6.09 Å². The molecule has 2 unspecified atom stereocenters. The highest BCUT2D eigenvalue weighted by molar-refractivity contribution is 6.32. The SMILES string of the molecule is CC(C)(C)OC(=O)N1CC(C(C(=N)c2cccc(Cl)c2)C(N)=O)=NC(C=O)C1.